The summed E-state index contributed by atoms with van der Waals surface area (Å²) in [7, 11) is 0. The zero-order valence-electron chi connectivity index (χ0n) is 13.9. The van der Waals surface area contributed by atoms with E-state index in [2.05, 4.69) is 0 Å². The first-order chi connectivity index (χ1) is 11.6. The van der Waals surface area contributed by atoms with Gasteiger partial charge in [-0.2, -0.15) is 0 Å². The predicted molar refractivity (Wildman–Crippen MR) is 90.0 cm³/mol. The Kier molecular flexibility index (Phi) is 5.51. The molecule has 0 bridgehead atoms. The van der Waals surface area contributed by atoms with Gasteiger partial charge in [0.05, 0.1) is 12.2 Å². The van der Waals surface area contributed by atoms with Gasteiger partial charge >= 0.3 is 5.97 Å². The molecular weight excluding hydrogens is 306 g/mol. The number of carboxylic acid groups (broad SMARTS) is 1. The van der Waals surface area contributed by atoms with Gasteiger partial charge in [-0.05, 0) is 55.6 Å². The maximum atomic E-state index is 12.1. The van der Waals surface area contributed by atoms with Crippen molar-refractivity contribution in [2.45, 2.75) is 32.1 Å². The summed E-state index contributed by atoms with van der Waals surface area (Å²) in [6.07, 6.45) is 5.07. The minimum Gasteiger partial charge on any atom is -0.478 e. The SMILES string of the molecule is O=C(O)c1ccccc1CC1CCN(C(=O)COCC2CC2)CC1. The van der Waals surface area contributed by atoms with Crippen LogP contribution in [0.5, 0.6) is 0 Å². The van der Waals surface area contributed by atoms with Crippen LogP contribution in [0.4, 0.5) is 0 Å². The molecule has 2 fully saturated rings. The minimum absolute atomic E-state index is 0.0834. The van der Waals surface area contributed by atoms with Gasteiger partial charge in [-0.15, -0.1) is 0 Å². The van der Waals surface area contributed by atoms with E-state index in [9.17, 15) is 14.7 Å². The third-order valence-electron chi connectivity index (χ3n) is 5.00. The van der Waals surface area contributed by atoms with Gasteiger partial charge in [0.25, 0.3) is 0 Å². The van der Waals surface area contributed by atoms with Crippen molar-refractivity contribution in [3.63, 3.8) is 0 Å². The molecule has 1 heterocycles. The molecule has 0 atom stereocenters. The van der Waals surface area contributed by atoms with Crippen LogP contribution in [0.15, 0.2) is 24.3 Å². The quantitative estimate of drug-likeness (QED) is 0.834. The fraction of sp³-hybridized carbons (Fsp3) is 0.579. The average molecular weight is 331 g/mol. The lowest BCUT2D eigenvalue weighted by atomic mass is 9.88. The molecule has 1 saturated heterocycles. The van der Waals surface area contributed by atoms with Crippen LogP contribution < -0.4 is 0 Å². The van der Waals surface area contributed by atoms with Crippen molar-refractivity contribution in [1.29, 1.82) is 0 Å². The van der Waals surface area contributed by atoms with Crippen LogP contribution in [0, 0.1) is 11.8 Å². The number of nitrogens with zero attached hydrogens (tertiary/aromatic N) is 1. The zero-order valence-corrected chi connectivity index (χ0v) is 13.9. The van der Waals surface area contributed by atoms with Crippen LogP contribution in [0.25, 0.3) is 0 Å². The molecule has 24 heavy (non-hydrogen) atoms. The van der Waals surface area contributed by atoms with Crippen molar-refractivity contribution in [2.24, 2.45) is 11.8 Å². The van der Waals surface area contributed by atoms with Gasteiger partial charge in [0.15, 0.2) is 0 Å². The Morgan fingerprint density at radius 2 is 1.79 bits per heavy atom. The highest BCUT2D eigenvalue weighted by molar-refractivity contribution is 5.89. The summed E-state index contributed by atoms with van der Waals surface area (Å²) in [4.78, 5) is 25.3. The molecule has 0 radical (unpaired) electrons. The molecule has 1 saturated carbocycles. The molecule has 1 aliphatic heterocycles. The average Bonchev–Trinajstić information content (AvgIpc) is 3.40. The normalized spacial score (nSPS) is 18.6. The number of piperidine rings is 1. The van der Waals surface area contributed by atoms with E-state index in [1.807, 2.05) is 17.0 Å². The summed E-state index contributed by atoms with van der Waals surface area (Å²) < 4.78 is 5.48. The van der Waals surface area contributed by atoms with Crippen LogP contribution in [-0.4, -0.2) is 48.2 Å². The van der Waals surface area contributed by atoms with E-state index in [0.717, 1.165) is 37.9 Å². The lowest BCUT2D eigenvalue weighted by molar-refractivity contribution is -0.137. The first kappa shape index (κ1) is 17.0. The molecule has 1 aromatic carbocycles. The molecule has 5 heteroatoms. The number of hydrogen-bond acceptors (Lipinski definition) is 3. The molecule has 1 amide bonds. The Bertz CT molecular complexity index is 589. The Morgan fingerprint density at radius 1 is 1.08 bits per heavy atom. The predicted octanol–water partition coefficient (Wildman–Crippen LogP) is 2.59. The largest absolute Gasteiger partial charge is 0.478 e. The molecule has 0 spiro atoms. The molecule has 0 unspecified atom stereocenters. The maximum absolute atomic E-state index is 12.1. The summed E-state index contributed by atoms with van der Waals surface area (Å²) in [5.41, 5.74) is 1.28. The maximum Gasteiger partial charge on any atom is 0.335 e. The van der Waals surface area contributed by atoms with Gasteiger partial charge in [-0.3, -0.25) is 4.79 Å². The van der Waals surface area contributed by atoms with Gasteiger partial charge in [-0.25, -0.2) is 4.79 Å². The number of carbonyl (C=O) groups is 2. The summed E-state index contributed by atoms with van der Waals surface area (Å²) in [5, 5.41) is 9.27. The second-order valence-electron chi connectivity index (χ2n) is 6.95. The Balaban J connectivity index is 1.44. The van der Waals surface area contributed by atoms with Crippen LogP contribution >= 0.6 is 0 Å². The van der Waals surface area contributed by atoms with Gasteiger partial charge in [-0.1, -0.05) is 18.2 Å². The van der Waals surface area contributed by atoms with E-state index >= 15 is 0 Å². The van der Waals surface area contributed by atoms with E-state index in [0.29, 0.717) is 24.0 Å². The molecular formula is C19H25NO4. The van der Waals surface area contributed by atoms with Crippen LogP contribution in [-0.2, 0) is 16.0 Å². The fourth-order valence-corrected chi connectivity index (χ4v) is 3.29. The highest BCUT2D eigenvalue weighted by Gasteiger charge is 2.25. The van der Waals surface area contributed by atoms with E-state index in [-0.39, 0.29) is 12.5 Å². The van der Waals surface area contributed by atoms with Crippen LogP contribution in [0.3, 0.4) is 0 Å². The van der Waals surface area contributed by atoms with Crippen molar-refractivity contribution < 1.29 is 19.4 Å². The lowest BCUT2D eigenvalue weighted by Gasteiger charge is -2.32. The molecule has 130 valence electrons. The van der Waals surface area contributed by atoms with E-state index < -0.39 is 5.97 Å². The van der Waals surface area contributed by atoms with Crippen molar-refractivity contribution in [2.75, 3.05) is 26.3 Å². The Labute approximate surface area is 142 Å². The number of ether oxygens (including phenoxy) is 1. The molecule has 2 aliphatic rings. The highest BCUT2D eigenvalue weighted by Crippen LogP contribution is 2.29. The van der Waals surface area contributed by atoms with E-state index in [1.165, 1.54) is 12.8 Å². The molecule has 5 nitrogen and oxygen atoms in total. The second kappa shape index (κ2) is 7.79. The van der Waals surface area contributed by atoms with Crippen LogP contribution in [0.1, 0.15) is 41.6 Å². The van der Waals surface area contributed by atoms with Crippen LogP contribution in [0.2, 0.25) is 0 Å². The number of amides is 1. The molecule has 3 rings (SSSR count). The number of carboxylic acids is 1. The number of hydrogen-bond donors (Lipinski definition) is 1. The van der Waals surface area contributed by atoms with Gasteiger partial charge in [0, 0.05) is 13.1 Å². The first-order valence-corrected chi connectivity index (χ1v) is 8.80. The number of carbonyl (C=O) groups excluding carboxylic acids is 1. The van der Waals surface area contributed by atoms with E-state index in [1.54, 1.807) is 12.1 Å². The minimum atomic E-state index is -0.869. The summed E-state index contributed by atoms with van der Waals surface area (Å²) in [5.74, 6) is 0.325. The number of aromatic carboxylic acids is 1. The summed E-state index contributed by atoms with van der Waals surface area (Å²) in [6, 6.07) is 7.20. The zero-order chi connectivity index (χ0) is 16.9. The topological polar surface area (TPSA) is 66.8 Å². The first-order valence-electron chi connectivity index (χ1n) is 8.80. The van der Waals surface area contributed by atoms with Gasteiger partial charge < -0.3 is 14.7 Å². The van der Waals surface area contributed by atoms with E-state index in [4.69, 9.17) is 4.74 Å². The smallest absolute Gasteiger partial charge is 0.335 e. The fourth-order valence-electron chi connectivity index (χ4n) is 3.29. The number of rotatable bonds is 7. The highest BCUT2D eigenvalue weighted by atomic mass is 16.5. The summed E-state index contributed by atoms with van der Waals surface area (Å²) in [6.45, 7) is 2.40. The number of benzene rings is 1. The van der Waals surface area contributed by atoms with Gasteiger partial charge in [0.2, 0.25) is 5.91 Å². The summed E-state index contributed by atoms with van der Waals surface area (Å²) >= 11 is 0. The third-order valence-corrected chi connectivity index (χ3v) is 5.00. The Morgan fingerprint density at radius 3 is 2.46 bits per heavy atom. The monoisotopic (exact) mass is 331 g/mol. The molecule has 1 N–H and O–H groups in total. The Hall–Kier alpha value is -1.88. The second-order valence-corrected chi connectivity index (χ2v) is 6.95. The molecule has 1 aromatic rings. The van der Waals surface area contributed by atoms with Crippen molar-refractivity contribution in [3.8, 4) is 0 Å². The number of likely N-dealkylation sites (tertiary alicyclic amines) is 1. The molecule has 1 aliphatic carbocycles. The van der Waals surface area contributed by atoms with Gasteiger partial charge in [0.1, 0.15) is 6.61 Å². The lowest BCUT2D eigenvalue weighted by Crippen LogP contribution is -2.41. The van der Waals surface area contributed by atoms with Crippen molar-refractivity contribution >= 4 is 11.9 Å². The van der Waals surface area contributed by atoms with Crippen molar-refractivity contribution in [3.05, 3.63) is 35.4 Å². The third kappa shape index (κ3) is 4.57. The van der Waals surface area contributed by atoms with Crippen molar-refractivity contribution in [1.82, 2.24) is 4.90 Å². The standard InChI is InChI=1S/C19H25NO4/c21-18(13-24-12-15-5-6-15)20-9-7-14(8-10-20)11-16-3-1-2-4-17(16)19(22)23/h1-4,14-15H,5-13H2,(H,22,23). The molecule has 0 aromatic heterocycles.